The van der Waals surface area contributed by atoms with Crippen LogP contribution in [0, 0.1) is 0 Å². The highest BCUT2D eigenvalue weighted by Crippen LogP contribution is 2.29. The molecule has 0 bridgehead atoms. The molecule has 1 saturated heterocycles. The molecule has 0 spiro atoms. The Hall–Kier alpha value is -1.89. The third-order valence-electron chi connectivity index (χ3n) is 4.64. The van der Waals surface area contributed by atoms with Gasteiger partial charge in [0.2, 0.25) is 0 Å². The van der Waals surface area contributed by atoms with Gasteiger partial charge in [-0.15, -0.1) is 0 Å². The number of nitrogens with two attached hydrogens (primary N) is 1. The Labute approximate surface area is 169 Å². The number of nitrogen functional groups attached to an aromatic ring is 1. The zero-order valence-corrected chi connectivity index (χ0v) is 16.9. The molecule has 2 aromatic carbocycles. The smallest absolute Gasteiger partial charge is 0.255 e. The molecule has 27 heavy (non-hydrogen) atoms. The van der Waals surface area contributed by atoms with Crippen LogP contribution in [0.5, 0.6) is 5.75 Å². The first kappa shape index (κ1) is 19.9. The summed E-state index contributed by atoms with van der Waals surface area (Å²) in [4.78, 5) is 15.1. The first-order valence-electron chi connectivity index (χ1n) is 8.85. The molecule has 3 rings (SSSR count). The molecule has 1 atom stereocenters. The van der Waals surface area contributed by atoms with Gasteiger partial charge in [-0.3, -0.25) is 9.69 Å². The molecule has 1 heterocycles. The van der Waals surface area contributed by atoms with Crippen LogP contribution in [0.1, 0.15) is 15.9 Å². The van der Waals surface area contributed by atoms with Gasteiger partial charge in [0.05, 0.1) is 23.4 Å². The van der Waals surface area contributed by atoms with E-state index in [1.165, 1.54) is 12.7 Å². The highest BCUT2D eigenvalue weighted by molar-refractivity contribution is 7.99. The molecule has 5 nitrogen and oxygen atoms in total. The van der Waals surface area contributed by atoms with Gasteiger partial charge in [-0.05, 0) is 11.6 Å². The molecule has 1 aliphatic rings. The number of carbonyl (C=O) groups is 1. The van der Waals surface area contributed by atoms with Gasteiger partial charge >= 0.3 is 0 Å². The number of rotatable bonds is 6. The number of carbonyl (C=O) groups excluding carboxylic acids is 1. The minimum Gasteiger partial charge on any atom is -0.496 e. The summed E-state index contributed by atoms with van der Waals surface area (Å²) in [7, 11) is 1.51. The predicted octanol–water partition coefficient (Wildman–Crippen LogP) is 3.28. The van der Waals surface area contributed by atoms with Crippen LogP contribution in [0.2, 0.25) is 5.02 Å². The summed E-state index contributed by atoms with van der Waals surface area (Å²) in [6, 6.07) is 13.8. The summed E-state index contributed by atoms with van der Waals surface area (Å²) in [5, 5.41) is 3.38. The Bertz CT molecular complexity index is 788. The third kappa shape index (κ3) is 5.09. The minimum atomic E-state index is -0.205. The molecule has 1 amide bonds. The largest absolute Gasteiger partial charge is 0.496 e. The van der Waals surface area contributed by atoms with Crippen LogP contribution in [0.3, 0.4) is 0 Å². The number of amides is 1. The second-order valence-electron chi connectivity index (χ2n) is 6.47. The predicted molar refractivity (Wildman–Crippen MR) is 113 cm³/mol. The number of nitrogens with one attached hydrogen (secondary N) is 1. The van der Waals surface area contributed by atoms with E-state index < -0.39 is 0 Å². The highest BCUT2D eigenvalue weighted by atomic mass is 35.5. The third-order valence-corrected chi connectivity index (χ3v) is 6.06. The number of ether oxygens (including phenoxy) is 1. The molecule has 0 saturated carbocycles. The topological polar surface area (TPSA) is 67.6 Å². The van der Waals surface area contributed by atoms with Crippen LogP contribution >= 0.6 is 23.4 Å². The number of methoxy groups -OCH3 is 1. The standard InChI is InChI=1S/C20H24ClN3O2S/c1-26-19-10-18(22)17(21)9-16(19)20(25)23-11-15-13-27-8-7-24(15)12-14-5-3-2-4-6-14/h2-6,9-10,15H,7-8,11-13,22H2,1H3,(H,23,25). The van der Waals surface area contributed by atoms with Gasteiger partial charge in [-0.2, -0.15) is 11.8 Å². The van der Waals surface area contributed by atoms with E-state index in [4.69, 9.17) is 22.1 Å². The molecule has 0 radical (unpaired) electrons. The van der Waals surface area contributed by atoms with Crippen molar-refractivity contribution in [2.75, 3.05) is 37.4 Å². The second kappa shape index (κ2) is 9.35. The molecule has 2 aromatic rings. The van der Waals surface area contributed by atoms with Gasteiger partial charge in [0.15, 0.2) is 0 Å². The van der Waals surface area contributed by atoms with Crippen LogP contribution < -0.4 is 15.8 Å². The Kier molecular flexibility index (Phi) is 6.88. The quantitative estimate of drug-likeness (QED) is 0.722. The highest BCUT2D eigenvalue weighted by Gasteiger charge is 2.24. The average Bonchev–Trinajstić information content (AvgIpc) is 2.69. The fourth-order valence-electron chi connectivity index (χ4n) is 3.12. The molecule has 3 N–H and O–H groups in total. The molecular weight excluding hydrogens is 382 g/mol. The van der Waals surface area contributed by atoms with E-state index in [-0.39, 0.29) is 11.9 Å². The Balaban J connectivity index is 1.65. The van der Waals surface area contributed by atoms with Crippen LogP contribution in [0.15, 0.2) is 42.5 Å². The maximum Gasteiger partial charge on any atom is 0.255 e. The average molecular weight is 406 g/mol. The lowest BCUT2D eigenvalue weighted by molar-refractivity contribution is 0.0932. The molecule has 1 aliphatic heterocycles. The summed E-state index contributed by atoms with van der Waals surface area (Å²) in [6.07, 6.45) is 0. The fraction of sp³-hybridized carbons (Fsp3) is 0.350. The van der Waals surface area contributed by atoms with Crippen molar-refractivity contribution in [2.24, 2.45) is 0 Å². The van der Waals surface area contributed by atoms with E-state index in [0.717, 1.165) is 24.6 Å². The molecule has 144 valence electrons. The van der Waals surface area contributed by atoms with Gasteiger partial charge < -0.3 is 15.8 Å². The van der Waals surface area contributed by atoms with Gasteiger partial charge in [-0.1, -0.05) is 41.9 Å². The normalized spacial score (nSPS) is 17.5. The monoisotopic (exact) mass is 405 g/mol. The van der Waals surface area contributed by atoms with Gasteiger partial charge in [0, 0.05) is 43.2 Å². The number of anilines is 1. The van der Waals surface area contributed by atoms with Crippen molar-refractivity contribution in [3.05, 3.63) is 58.6 Å². The molecule has 7 heteroatoms. The van der Waals surface area contributed by atoms with Gasteiger partial charge in [0.25, 0.3) is 5.91 Å². The molecule has 0 aliphatic carbocycles. The van der Waals surface area contributed by atoms with Crippen molar-refractivity contribution in [2.45, 2.75) is 12.6 Å². The molecule has 0 aromatic heterocycles. The van der Waals surface area contributed by atoms with E-state index in [9.17, 15) is 4.79 Å². The lowest BCUT2D eigenvalue weighted by atomic mass is 10.1. The van der Waals surface area contributed by atoms with E-state index in [1.807, 2.05) is 17.8 Å². The number of thioether (sulfide) groups is 1. The van der Waals surface area contributed by atoms with Crippen molar-refractivity contribution in [3.8, 4) is 5.75 Å². The zero-order valence-electron chi connectivity index (χ0n) is 15.3. The summed E-state index contributed by atoms with van der Waals surface area (Å²) >= 11 is 8.00. The Morgan fingerprint density at radius 3 is 2.89 bits per heavy atom. The lowest BCUT2D eigenvalue weighted by Crippen LogP contribution is -2.48. The molecule has 1 fully saturated rings. The summed E-state index contributed by atoms with van der Waals surface area (Å²) < 4.78 is 5.28. The molecular formula is C20H24ClN3O2S. The van der Waals surface area contributed by atoms with Crippen molar-refractivity contribution < 1.29 is 9.53 Å². The maximum absolute atomic E-state index is 12.7. The number of halogens is 1. The number of benzene rings is 2. The van der Waals surface area contributed by atoms with E-state index in [2.05, 4.69) is 34.5 Å². The SMILES string of the molecule is COc1cc(N)c(Cl)cc1C(=O)NCC1CSCCN1Cc1ccccc1. The Morgan fingerprint density at radius 1 is 1.37 bits per heavy atom. The fourth-order valence-corrected chi connectivity index (χ4v) is 4.42. The summed E-state index contributed by atoms with van der Waals surface area (Å²) in [6.45, 7) is 2.47. The van der Waals surface area contributed by atoms with Gasteiger partial charge in [-0.25, -0.2) is 0 Å². The van der Waals surface area contributed by atoms with E-state index in [1.54, 1.807) is 12.1 Å². The van der Waals surface area contributed by atoms with Crippen LogP contribution in [-0.2, 0) is 6.54 Å². The van der Waals surface area contributed by atoms with Crippen molar-refractivity contribution in [1.29, 1.82) is 0 Å². The van der Waals surface area contributed by atoms with Crippen LogP contribution in [0.4, 0.5) is 5.69 Å². The van der Waals surface area contributed by atoms with Crippen molar-refractivity contribution >= 4 is 35.0 Å². The lowest BCUT2D eigenvalue weighted by Gasteiger charge is -2.35. The minimum absolute atomic E-state index is 0.205. The zero-order chi connectivity index (χ0) is 19.2. The number of nitrogens with zero attached hydrogens (tertiary/aromatic N) is 1. The first-order chi connectivity index (χ1) is 13.1. The van der Waals surface area contributed by atoms with Crippen molar-refractivity contribution in [3.63, 3.8) is 0 Å². The first-order valence-corrected chi connectivity index (χ1v) is 10.4. The summed E-state index contributed by atoms with van der Waals surface area (Å²) in [5.74, 6) is 2.32. The van der Waals surface area contributed by atoms with Crippen LogP contribution in [-0.4, -0.2) is 48.6 Å². The van der Waals surface area contributed by atoms with Crippen LogP contribution in [0.25, 0.3) is 0 Å². The molecule has 1 unspecified atom stereocenters. The number of hydrogen-bond acceptors (Lipinski definition) is 5. The van der Waals surface area contributed by atoms with Crippen molar-refractivity contribution in [1.82, 2.24) is 10.2 Å². The van der Waals surface area contributed by atoms with E-state index >= 15 is 0 Å². The maximum atomic E-state index is 12.7. The van der Waals surface area contributed by atoms with Gasteiger partial charge in [0.1, 0.15) is 5.75 Å². The van der Waals surface area contributed by atoms with E-state index in [0.29, 0.717) is 28.6 Å². The second-order valence-corrected chi connectivity index (χ2v) is 8.03. The number of hydrogen-bond donors (Lipinski definition) is 2. The summed E-state index contributed by atoms with van der Waals surface area (Å²) in [5.41, 5.74) is 7.87. The Morgan fingerprint density at radius 2 is 2.15 bits per heavy atom.